The van der Waals surface area contributed by atoms with E-state index in [1.165, 1.54) is 0 Å². The molecule has 2 aromatic heterocycles. The molecule has 0 saturated carbocycles. The molecule has 0 aliphatic carbocycles. The molecule has 0 radical (unpaired) electrons. The van der Waals surface area contributed by atoms with Gasteiger partial charge in [0.25, 0.3) is 0 Å². The number of nitrogens with one attached hydrogen (secondary N) is 1. The van der Waals surface area contributed by atoms with Gasteiger partial charge in [-0.3, -0.25) is 9.89 Å². The molecule has 0 unspecified atom stereocenters. The molecule has 32 heavy (non-hydrogen) atoms. The highest BCUT2D eigenvalue weighted by Crippen LogP contribution is 2.12. The Bertz CT molecular complexity index is 775. The number of halogens is 1. The van der Waals surface area contributed by atoms with Crippen LogP contribution in [0.5, 0.6) is 0 Å². The van der Waals surface area contributed by atoms with Crippen LogP contribution in [0.4, 0.5) is 5.82 Å². The van der Waals surface area contributed by atoms with E-state index in [0.717, 1.165) is 102 Å². The normalized spacial score (nSPS) is 17.8. The molecule has 2 aliphatic heterocycles. The predicted octanol–water partition coefficient (Wildman–Crippen LogP) is 2.33. The van der Waals surface area contributed by atoms with E-state index in [1.807, 2.05) is 30.5 Å². The number of morpholine rings is 1. The second-order valence-corrected chi connectivity index (χ2v) is 7.93. The van der Waals surface area contributed by atoms with Crippen LogP contribution in [0.15, 0.2) is 52.2 Å². The lowest BCUT2D eigenvalue weighted by Crippen LogP contribution is -2.53. The molecule has 4 heterocycles. The van der Waals surface area contributed by atoms with Crippen LogP contribution >= 0.6 is 24.0 Å². The lowest BCUT2D eigenvalue weighted by atomic mass is 10.3. The van der Waals surface area contributed by atoms with Gasteiger partial charge < -0.3 is 24.3 Å². The topological polar surface area (TPSA) is 69.4 Å². The van der Waals surface area contributed by atoms with Gasteiger partial charge in [0, 0.05) is 71.5 Å². The molecule has 9 heteroatoms. The van der Waals surface area contributed by atoms with Gasteiger partial charge in [0.2, 0.25) is 0 Å². The fourth-order valence-corrected chi connectivity index (χ4v) is 4.01. The number of hydrogen-bond acceptors (Lipinski definition) is 6. The molecular formula is C23H35IN6O2. The summed E-state index contributed by atoms with van der Waals surface area (Å²) in [6, 6.07) is 10.0. The zero-order valence-electron chi connectivity index (χ0n) is 18.7. The third-order valence-electron chi connectivity index (χ3n) is 5.78. The first-order valence-corrected chi connectivity index (χ1v) is 11.4. The quantitative estimate of drug-likeness (QED) is 0.233. The number of piperazine rings is 1. The molecule has 176 valence electrons. The van der Waals surface area contributed by atoms with Gasteiger partial charge in [-0.05, 0) is 30.7 Å². The predicted molar refractivity (Wildman–Crippen MR) is 138 cm³/mol. The maximum Gasteiger partial charge on any atom is 0.194 e. The van der Waals surface area contributed by atoms with Gasteiger partial charge in [-0.15, -0.1) is 24.0 Å². The Balaban J connectivity index is 0.00000289. The average molecular weight is 554 g/mol. The van der Waals surface area contributed by atoms with Crippen LogP contribution in [0.3, 0.4) is 0 Å². The van der Waals surface area contributed by atoms with Crippen LogP contribution in [0.2, 0.25) is 0 Å². The van der Waals surface area contributed by atoms with Crippen molar-refractivity contribution in [2.75, 3.05) is 77.0 Å². The second kappa shape index (κ2) is 13.6. The van der Waals surface area contributed by atoms with Crippen LogP contribution < -0.4 is 10.2 Å². The summed E-state index contributed by atoms with van der Waals surface area (Å²) < 4.78 is 10.9. The summed E-state index contributed by atoms with van der Waals surface area (Å²) in [5, 5.41) is 3.57. The first-order chi connectivity index (χ1) is 15.4. The number of pyridine rings is 1. The number of aliphatic imine (C=N–C) groups is 1. The standard InChI is InChI=1S/C23H34N6O2.HI/c1-2-8-24-22(6-1)28-12-14-29(15-13-28)23(26-10-7-21-5-3-18-31-21)25-9-4-11-27-16-19-30-20-17-27;/h1-3,5-6,8,18H,4,7,9-17,19-20H2,(H,25,26);1H. The van der Waals surface area contributed by atoms with Gasteiger partial charge in [-0.25, -0.2) is 4.98 Å². The van der Waals surface area contributed by atoms with Gasteiger partial charge in [0.1, 0.15) is 11.6 Å². The number of ether oxygens (including phenoxy) is 1. The van der Waals surface area contributed by atoms with Crippen molar-refractivity contribution in [2.24, 2.45) is 4.99 Å². The third-order valence-corrected chi connectivity index (χ3v) is 5.78. The highest BCUT2D eigenvalue weighted by atomic mass is 127. The van der Waals surface area contributed by atoms with E-state index in [9.17, 15) is 0 Å². The number of guanidine groups is 1. The van der Waals surface area contributed by atoms with Gasteiger partial charge in [0.15, 0.2) is 5.96 Å². The van der Waals surface area contributed by atoms with Crippen molar-refractivity contribution >= 4 is 35.8 Å². The van der Waals surface area contributed by atoms with E-state index >= 15 is 0 Å². The molecule has 4 rings (SSSR count). The van der Waals surface area contributed by atoms with E-state index in [0.29, 0.717) is 0 Å². The van der Waals surface area contributed by atoms with Crippen molar-refractivity contribution in [3.8, 4) is 0 Å². The van der Waals surface area contributed by atoms with Crippen molar-refractivity contribution in [2.45, 2.75) is 12.8 Å². The van der Waals surface area contributed by atoms with Crippen LogP contribution in [0, 0.1) is 0 Å². The van der Waals surface area contributed by atoms with E-state index in [2.05, 4.69) is 31.1 Å². The Morgan fingerprint density at radius 3 is 2.59 bits per heavy atom. The van der Waals surface area contributed by atoms with Crippen LogP contribution in [0.1, 0.15) is 12.2 Å². The first-order valence-electron chi connectivity index (χ1n) is 11.4. The van der Waals surface area contributed by atoms with E-state index in [1.54, 1.807) is 6.26 Å². The summed E-state index contributed by atoms with van der Waals surface area (Å²) in [7, 11) is 0. The third kappa shape index (κ3) is 7.63. The van der Waals surface area contributed by atoms with E-state index < -0.39 is 0 Å². The van der Waals surface area contributed by atoms with Crippen LogP contribution in [-0.4, -0.2) is 92.9 Å². The van der Waals surface area contributed by atoms with Crippen LogP contribution in [0.25, 0.3) is 0 Å². The van der Waals surface area contributed by atoms with Gasteiger partial charge in [0.05, 0.1) is 19.5 Å². The second-order valence-electron chi connectivity index (χ2n) is 7.93. The van der Waals surface area contributed by atoms with Gasteiger partial charge >= 0.3 is 0 Å². The Hall–Kier alpha value is -1.85. The summed E-state index contributed by atoms with van der Waals surface area (Å²) in [5.74, 6) is 3.06. The van der Waals surface area contributed by atoms with E-state index in [-0.39, 0.29) is 24.0 Å². The molecule has 2 aliphatic rings. The van der Waals surface area contributed by atoms with Gasteiger partial charge in [-0.2, -0.15) is 0 Å². The molecule has 0 atom stereocenters. The first kappa shape index (κ1) is 24.8. The lowest BCUT2D eigenvalue weighted by Gasteiger charge is -2.37. The number of rotatable bonds is 8. The summed E-state index contributed by atoms with van der Waals surface area (Å²) in [5.41, 5.74) is 0. The summed E-state index contributed by atoms with van der Waals surface area (Å²) in [4.78, 5) is 16.6. The van der Waals surface area contributed by atoms with Crippen molar-refractivity contribution in [1.82, 2.24) is 20.1 Å². The SMILES string of the molecule is I.c1ccc(N2CCN(C(=NCCCN3CCOCC3)NCCc3ccco3)CC2)nc1. The highest BCUT2D eigenvalue weighted by molar-refractivity contribution is 14.0. The lowest BCUT2D eigenvalue weighted by molar-refractivity contribution is 0.0377. The van der Waals surface area contributed by atoms with Crippen molar-refractivity contribution in [3.63, 3.8) is 0 Å². The molecule has 0 spiro atoms. The number of hydrogen-bond donors (Lipinski definition) is 1. The zero-order chi connectivity index (χ0) is 21.1. The summed E-state index contributed by atoms with van der Waals surface area (Å²) >= 11 is 0. The Morgan fingerprint density at radius 2 is 1.88 bits per heavy atom. The minimum Gasteiger partial charge on any atom is -0.469 e. The Labute approximate surface area is 208 Å². The molecule has 8 nitrogen and oxygen atoms in total. The molecule has 2 saturated heterocycles. The van der Waals surface area contributed by atoms with Gasteiger partial charge in [-0.1, -0.05) is 6.07 Å². The maximum absolute atomic E-state index is 5.47. The molecule has 2 fully saturated rings. The average Bonchev–Trinajstić information content (AvgIpc) is 3.36. The molecule has 1 N–H and O–H groups in total. The molecule has 0 amide bonds. The largest absolute Gasteiger partial charge is 0.469 e. The Morgan fingerprint density at radius 1 is 1.03 bits per heavy atom. The molecule has 0 aromatic carbocycles. The van der Waals surface area contributed by atoms with Crippen molar-refractivity contribution in [3.05, 3.63) is 48.6 Å². The summed E-state index contributed by atoms with van der Waals surface area (Å²) in [6.07, 6.45) is 5.51. The van der Waals surface area contributed by atoms with Crippen molar-refractivity contribution in [1.29, 1.82) is 0 Å². The smallest absolute Gasteiger partial charge is 0.194 e. The number of furan rings is 1. The minimum atomic E-state index is 0. The minimum absolute atomic E-state index is 0. The molecule has 2 aromatic rings. The zero-order valence-corrected chi connectivity index (χ0v) is 21.0. The number of nitrogens with zero attached hydrogens (tertiary/aromatic N) is 5. The van der Waals surface area contributed by atoms with Crippen LogP contribution in [-0.2, 0) is 11.2 Å². The Kier molecular flexibility index (Phi) is 10.6. The molecular weight excluding hydrogens is 519 g/mol. The highest BCUT2D eigenvalue weighted by Gasteiger charge is 2.20. The summed E-state index contributed by atoms with van der Waals surface area (Å²) in [6.45, 7) is 10.3. The van der Waals surface area contributed by atoms with Crippen molar-refractivity contribution < 1.29 is 9.15 Å². The number of anilines is 1. The number of aromatic nitrogens is 1. The fraction of sp³-hybridized carbons (Fsp3) is 0.565. The molecule has 0 bridgehead atoms. The monoisotopic (exact) mass is 554 g/mol. The maximum atomic E-state index is 5.47. The fourth-order valence-electron chi connectivity index (χ4n) is 4.01. The van der Waals surface area contributed by atoms with E-state index in [4.69, 9.17) is 14.1 Å².